The predicted octanol–water partition coefficient (Wildman–Crippen LogP) is 1.48. The molecule has 7 heteroatoms. The van der Waals surface area contributed by atoms with Gasteiger partial charge in [-0.2, -0.15) is 0 Å². The number of rotatable bonds is 4. The molecule has 2 aromatic rings. The van der Waals surface area contributed by atoms with Gasteiger partial charge in [0.05, 0.1) is 6.26 Å². The van der Waals surface area contributed by atoms with Crippen LogP contribution in [0.25, 0.3) is 5.82 Å². The maximum atomic E-state index is 11.7. The van der Waals surface area contributed by atoms with Gasteiger partial charge in [-0.1, -0.05) is 0 Å². The topological polar surface area (TPSA) is 68.1 Å². The predicted molar refractivity (Wildman–Crippen MR) is 84.2 cm³/mol. The van der Waals surface area contributed by atoms with Crippen molar-refractivity contribution in [2.75, 3.05) is 19.3 Å². The first kappa shape index (κ1) is 15.2. The van der Waals surface area contributed by atoms with E-state index < -0.39 is 10.0 Å². The zero-order valence-electron chi connectivity index (χ0n) is 12.6. The van der Waals surface area contributed by atoms with Crippen LogP contribution in [0.4, 0.5) is 0 Å². The van der Waals surface area contributed by atoms with Gasteiger partial charge in [-0.05, 0) is 42.9 Å². The number of imidazole rings is 1. The molecule has 2 aromatic heterocycles. The highest BCUT2D eigenvalue weighted by atomic mass is 32.2. The van der Waals surface area contributed by atoms with E-state index in [1.807, 2.05) is 22.9 Å². The average molecular weight is 320 g/mol. The van der Waals surface area contributed by atoms with Gasteiger partial charge < -0.3 is 0 Å². The number of sulfonamides is 1. The summed E-state index contributed by atoms with van der Waals surface area (Å²) in [6, 6.07) is 4.04. The minimum atomic E-state index is -3.09. The molecule has 0 amide bonds. The third-order valence-electron chi connectivity index (χ3n) is 4.05. The first-order valence-electron chi connectivity index (χ1n) is 7.41. The first-order valence-corrected chi connectivity index (χ1v) is 9.25. The lowest BCUT2D eigenvalue weighted by molar-refractivity contribution is 0.266. The number of pyridine rings is 1. The molecular weight excluding hydrogens is 300 g/mol. The van der Waals surface area contributed by atoms with Crippen LogP contribution in [0.1, 0.15) is 18.4 Å². The minimum Gasteiger partial charge on any atom is -0.291 e. The van der Waals surface area contributed by atoms with E-state index in [1.165, 1.54) is 11.8 Å². The highest BCUT2D eigenvalue weighted by molar-refractivity contribution is 7.88. The molecule has 0 aromatic carbocycles. The second-order valence-corrected chi connectivity index (χ2v) is 7.81. The van der Waals surface area contributed by atoms with Crippen LogP contribution in [-0.2, 0) is 16.4 Å². The summed E-state index contributed by atoms with van der Waals surface area (Å²) in [5.41, 5.74) is 1.18. The van der Waals surface area contributed by atoms with Crippen molar-refractivity contribution in [1.82, 2.24) is 18.8 Å². The molecule has 1 unspecified atom stereocenters. The van der Waals surface area contributed by atoms with Gasteiger partial charge in [-0.25, -0.2) is 22.7 Å². The first-order chi connectivity index (χ1) is 10.5. The molecule has 1 aliphatic heterocycles. The fourth-order valence-corrected chi connectivity index (χ4v) is 3.89. The molecule has 6 nitrogen and oxygen atoms in total. The van der Waals surface area contributed by atoms with Gasteiger partial charge >= 0.3 is 0 Å². The Morgan fingerprint density at radius 3 is 2.95 bits per heavy atom. The van der Waals surface area contributed by atoms with E-state index in [1.54, 1.807) is 23.0 Å². The zero-order valence-corrected chi connectivity index (χ0v) is 13.4. The summed E-state index contributed by atoms with van der Waals surface area (Å²) in [5.74, 6) is 1.20. The van der Waals surface area contributed by atoms with Crippen LogP contribution >= 0.6 is 0 Å². The van der Waals surface area contributed by atoms with E-state index in [0.29, 0.717) is 19.0 Å². The lowest BCUT2D eigenvalue weighted by Crippen LogP contribution is -2.39. The summed E-state index contributed by atoms with van der Waals surface area (Å²) < 4.78 is 26.9. The van der Waals surface area contributed by atoms with Gasteiger partial charge in [-0.15, -0.1) is 0 Å². The number of nitrogens with zero attached hydrogens (tertiary/aromatic N) is 4. The molecule has 22 heavy (non-hydrogen) atoms. The Labute approximate surface area is 130 Å². The lowest BCUT2D eigenvalue weighted by Gasteiger charge is -2.31. The monoisotopic (exact) mass is 320 g/mol. The Hall–Kier alpha value is -1.73. The van der Waals surface area contributed by atoms with Crippen LogP contribution in [0.5, 0.6) is 0 Å². The smallest absolute Gasteiger partial charge is 0.211 e. The normalized spacial score (nSPS) is 20.1. The van der Waals surface area contributed by atoms with Crippen LogP contribution in [0.3, 0.4) is 0 Å². The van der Waals surface area contributed by atoms with Crippen molar-refractivity contribution in [3.8, 4) is 5.82 Å². The molecule has 1 fully saturated rings. The average Bonchev–Trinajstić information content (AvgIpc) is 3.01. The second-order valence-electron chi connectivity index (χ2n) is 5.83. The van der Waals surface area contributed by atoms with E-state index >= 15 is 0 Å². The van der Waals surface area contributed by atoms with Gasteiger partial charge in [0, 0.05) is 31.7 Å². The van der Waals surface area contributed by atoms with E-state index in [2.05, 4.69) is 9.97 Å². The standard InChI is InChI=1S/C15H20N4O2S/c1-22(20,21)19-7-2-3-14(11-19)9-13-4-5-17-15(10-13)18-8-6-16-12-18/h4-6,8,10,12,14H,2-3,7,9,11H2,1H3. The number of piperidine rings is 1. The van der Waals surface area contributed by atoms with Crippen molar-refractivity contribution in [3.63, 3.8) is 0 Å². The molecular formula is C15H20N4O2S. The summed E-state index contributed by atoms with van der Waals surface area (Å²) in [6.45, 7) is 1.26. The van der Waals surface area contributed by atoms with Crippen molar-refractivity contribution in [1.29, 1.82) is 0 Å². The summed E-state index contributed by atoms with van der Waals surface area (Å²) in [5, 5.41) is 0. The molecule has 118 valence electrons. The number of aromatic nitrogens is 3. The van der Waals surface area contributed by atoms with E-state index in [-0.39, 0.29) is 0 Å². The van der Waals surface area contributed by atoms with Gasteiger partial charge in [0.15, 0.2) is 0 Å². The zero-order chi connectivity index (χ0) is 15.6. The molecule has 3 heterocycles. The van der Waals surface area contributed by atoms with Crippen molar-refractivity contribution in [3.05, 3.63) is 42.6 Å². The van der Waals surface area contributed by atoms with Crippen molar-refractivity contribution < 1.29 is 8.42 Å². The van der Waals surface area contributed by atoms with Gasteiger partial charge in [-0.3, -0.25) is 4.57 Å². The number of hydrogen-bond acceptors (Lipinski definition) is 4. The fourth-order valence-electron chi connectivity index (χ4n) is 2.95. The van der Waals surface area contributed by atoms with Crippen molar-refractivity contribution >= 4 is 10.0 Å². The molecule has 1 aliphatic rings. The molecule has 3 rings (SSSR count). The molecule has 0 bridgehead atoms. The van der Waals surface area contributed by atoms with Gasteiger partial charge in [0.2, 0.25) is 10.0 Å². The lowest BCUT2D eigenvalue weighted by atomic mass is 9.93. The molecule has 0 radical (unpaired) electrons. The molecule has 0 aliphatic carbocycles. The second kappa shape index (κ2) is 6.18. The largest absolute Gasteiger partial charge is 0.291 e. The van der Waals surface area contributed by atoms with Crippen LogP contribution in [0.2, 0.25) is 0 Å². The summed E-state index contributed by atoms with van der Waals surface area (Å²) >= 11 is 0. The summed E-state index contributed by atoms with van der Waals surface area (Å²) in [4.78, 5) is 8.38. The Bertz CT molecular complexity index is 728. The maximum Gasteiger partial charge on any atom is 0.211 e. The molecule has 0 saturated carbocycles. The Morgan fingerprint density at radius 1 is 1.36 bits per heavy atom. The molecule has 0 N–H and O–H groups in total. The maximum absolute atomic E-state index is 11.7. The summed E-state index contributed by atoms with van der Waals surface area (Å²) in [7, 11) is -3.09. The van der Waals surface area contributed by atoms with E-state index in [0.717, 1.165) is 25.1 Å². The number of hydrogen-bond donors (Lipinski definition) is 0. The van der Waals surface area contributed by atoms with E-state index in [4.69, 9.17) is 0 Å². The quantitative estimate of drug-likeness (QED) is 0.856. The van der Waals surface area contributed by atoms with E-state index in [9.17, 15) is 8.42 Å². The van der Waals surface area contributed by atoms with Crippen molar-refractivity contribution in [2.24, 2.45) is 5.92 Å². The van der Waals surface area contributed by atoms with Crippen LogP contribution in [0, 0.1) is 5.92 Å². The van der Waals surface area contributed by atoms with Crippen molar-refractivity contribution in [2.45, 2.75) is 19.3 Å². The molecule has 1 saturated heterocycles. The van der Waals surface area contributed by atoms with Crippen LogP contribution in [-0.4, -0.2) is 46.6 Å². The Morgan fingerprint density at radius 2 is 2.23 bits per heavy atom. The van der Waals surface area contributed by atoms with Gasteiger partial charge in [0.25, 0.3) is 0 Å². The Kier molecular flexibility index (Phi) is 4.26. The molecule has 1 atom stereocenters. The third kappa shape index (κ3) is 3.53. The van der Waals surface area contributed by atoms with Gasteiger partial charge in [0.1, 0.15) is 12.1 Å². The molecule has 0 spiro atoms. The third-order valence-corrected chi connectivity index (χ3v) is 5.32. The highest BCUT2D eigenvalue weighted by Gasteiger charge is 2.25. The highest BCUT2D eigenvalue weighted by Crippen LogP contribution is 2.22. The van der Waals surface area contributed by atoms with Crippen LogP contribution < -0.4 is 0 Å². The van der Waals surface area contributed by atoms with Crippen LogP contribution in [0.15, 0.2) is 37.1 Å². The SMILES string of the molecule is CS(=O)(=O)N1CCCC(Cc2ccnc(-n3ccnc3)c2)C1. The summed E-state index contributed by atoms with van der Waals surface area (Å²) in [6.07, 6.45) is 11.2. The Balaban J connectivity index is 1.72. The fraction of sp³-hybridized carbons (Fsp3) is 0.467. The minimum absolute atomic E-state index is 0.363.